The quantitative estimate of drug-likeness (QED) is 0.679. The number of nitrogens with one attached hydrogen (secondary N) is 1. The fourth-order valence-electron chi connectivity index (χ4n) is 2.76. The lowest BCUT2D eigenvalue weighted by Crippen LogP contribution is -2.50. The van der Waals surface area contributed by atoms with E-state index in [-0.39, 0.29) is 35.8 Å². The number of aromatic nitrogens is 2. The zero-order valence-electron chi connectivity index (χ0n) is 17.9. The monoisotopic (exact) mass is 392 g/mol. The number of anilines is 2. The standard InChI is InChI=1S/C19H32N6O3/c1-12(2)8-24(10-14(26)23(7)19(5,6)11-20)15-16(21)25(9-13(3)4)18(28)22-17(15)27/h12-13H,8-10,21H2,1-7H3,(H,22,27,28). The lowest BCUT2D eigenvalue weighted by Gasteiger charge is -2.33. The number of hydrogen-bond acceptors (Lipinski definition) is 6. The molecule has 9 nitrogen and oxygen atoms in total. The first-order valence-electron chi connectivity index (χ1n) is 9.37. The molecule has 0 aliphatic carbocycles. The number of rotatable bonds is 8. The van der Waals surface area contributed by atoms with Crippen molar-refractivity contribution in [2.75, 3.05) is 30.8 Å². The first kappa shape index (κ1) is 23.3. The van der Waals surface area contributed by atoms with Crippen molar-refractivity contribution in [1.82, 2.24) is 14.5 Å². The summed E-state index contributed by atoms with van der Waals surface area (Å²) in [6.07, 6.45) is 0. The predicted octanol–water partition coefficient (Wildman–Crippen LogP) is 0.998. The number of aromatic amines is 1. The molecule has 1 rings (SSSR count). The third kappa shape index (κ3) is 5.38. The van der Waals surface area contributed by atoms with E-state index < -0.39 is 16.8 Å². The second kappa shape index (κ2) is 8.95. The van der Waals surface area contributed by atoms with Gasteiger partial charge in [0.1, 0.15) is 17.0 Å². The molecule has 0 saturated heterocycles. The minimum absolute atomic E-state index is 0.0399. The molecule has 0 fully saturated rings. The van der Waals surface area contributed by atoms with Crippen molar-refractivity contribution in [2.45, 2.75) is 53.6 Å². The highest BCUT2D eigenvalue weighted by atomic mass is 16.2. The number of likely N-dealkylation sites (N-methyl/N-ethyl adjacent to an activating group) is 1. The third-order valence-electron chi connectivity index (χ3n) is 4.48. The fraction of sp³-hybridized carbons (Fsp3) is 0.684. The summed E-state index contributed by atoms with van der Waals surface area (Å²) in [4.78, 5) is 42.8. The van der Waals surface area contributed by atoms with Gasteiger partial charge < -0.3 is 15.5 Å². The lowest BCUT2D eigenvalue weighted by molar-refractivity contribution is -0.131. The number of carbonyl (C=O) groups is 1. The predicted molar refractivity (Wildman–Crippen MR) is 110 cm³/mol. The highest BCUT2D eigenvalue weighted by molar-refractivity contribution is 5.83. The molecule has 1 aromatic rings. The van der Waals surface area contributed by atoms with Gasteiger partial charge in [-0.05, 0) is 25.7 Å². The van der Waals surface area contributed by atoms with Gasteiger partial charge in [0.05, 0.1) is 12.6 Å². The average Bonchev–Trinajstić information content (AvgIpc) is 2.56. The van der Waals surface area contributed by atoms with Crippen molar-refractivity contribution in [3.05, 3.63) is 20.8 Å². The highest BCUT2D eigenvalue weighted by Crippen LogP contribution is 2.20. The van der Waals surface area contributed by atoms with Crippen molar-refractivity contribution >= 4 is 17.4 Å². The second-order valence-electron chi connectivity index (χ2n) is 8.40. The Balaban J connectivity index is 3.43. The van der Waals surface area contributed by atoms with Crippen LogP contribution in [-0.4, -0.2) is 46.0 Å². The molecule has 1 heterocycles. The van der Waals surface area contributed by atoms with Gasteiger partial charge in [0.2, 0.25) is 5.91 Å². The van der Waals surface area contributed by atoms with Crippen LogP contribution in [0.2, 0.25) is 0 Å². The Labute approximate surface area is 165 Å². The van der Waals surface area contributed by atoms with E-state index in [0.717, 1.165) is 0 Å². The molecule has 0 saturated carbocycles. The summed E-state index contributed by atoms with van der Waals surface area (Å²) < 4.78 is 1.32. The van der Waals surface area contributed by atoms with E-state index in [1.54, 1.807) is 25.8 Å². The van der Waals surface area contributed by atoms with Crippen LogP contribution < -0.4 is 21.9 Å². The lowest BCUT2D eigenvalue weighted by atomic mass is 10.1. The molecule has 3 N–H and O–H groups in total. The van der Waals surface area contributed by atoms with E-state index in [4.69, 9.17) is 5.73 Å². The van der Waals surface area contributed by atoms with Gasteiger partial charge >= 0.3 is 5.69 Å². The Bertz CT molecular complexity index is 860. The zero-order valence-corrected chi connectivity index (χ0v) is 17.9. The maximum atomic E-state index is 12.8. The Kier molecular flexibility index (Phi) is 7.44. The zero-order chi connectivity index (χ0) is 21.8. The fourth-order valence-corrected chi connectivity index (χ4v) is 2.76. The van der Waals surface area contributed by atoms with Crippen LogP contribution >= 0.6 is 0 Å². The first-order chi connectivity index (χ1) is 12.8. The summed E-state index contributed by atoms with van der Waals surface area (Å²) in [5, 5.41) is 9.28. The van der Waals surface area contributed by atoms with Gasteiger partial charge in [0, 0.05) is 20.1 Å². The summed E-state index contributed by atoms with van der Waals surface area (Å²) >= 11 is 0. The minimum atomic E-state index is -0.991. The Morgan fingerprint density at radius 3 is 2.29 bits per heavy atom. The van der Waals surface area contributed by atoms with Gasteiger partial charge in [-0.1, -0.05) is 27.7 Å². The number of nitriles is 1. The van der Waals surface area contributed by atoms with Crippen molar-refractivity contribution in [3.8, 4) is 6.07 Å². The summed E-state index contributed by atoms with van der Waals surface area (Å²) in [6, 6.07) is 2.09. The minimum Gasteiger partial charge on any atom is -0.383 e. The molecule has 0 aliphatic rings. The molecular weight excluding hydrogens is 360 g/mol. The van der Waals surface area contributed by atoms with Crippen molar-refractivity contribution in [3.63, 3.8) is 0 Å². The first-order valence-corrected chi connectivity index (χ1v) is 9.37. The van der Waals surface area contributed by atoms with Crippen LogP contribution in [0.25, 0.3) is 0 Å². The van der Waals surface area contributed by atoms with Crippen LogP contribution in [0.15, 0.2) is 9.59 Å². The summed E-state index contributed by atoms with van der Waals surface area (Å²) in [5.74, 6) is -0.0152. The molecule has 0 unspecified atom stereocenters. The van der Waals surface area contributed by atoms with E-state index in [2.05, 4.69) is 11.1 Å². The Morgan fingerprint density at radius 2 is 1.82 bits per heavy atom. The number of nitrogen functional groups attached to an aromatic ring is 1. The molecule has 156 valence electrons. The molecular formula is C19H32N6O3. The van der Waals surface area contributed by atoms with E-state index in [1.807, 2.05) is 27.7 Å². The molecule has 0 spiro atoms. The van der Waals surface area contributed by atoms with Gasteiger partial charge in [-0.25, -0.2) is 4.79 Å². The molecule has 0 radical (unpaired) electrons. The van der Waals surface area contributed by atoms with Gasteiger partial charge in [-0.2, -0.15) is 5.26 Å². The maximum absolute atomic E-state index is 12.8. The highest BCUT2D eigenvalue weighted by Gasteiger charge is 2.30. The molecule has 0 aliphatic heterocycles. The van der Waals surface area contributed by atoms with Crippen LogP contribution in [0.3, 0.4) is 0 Å². The normalized spacial score (nSPS) is 11.6. The van der Waals surface area contributed by atoms with E-state index in [0.29, 0.717) is 13.1 Å². The van der Waals surface area contributed by atoms with E-state index in [1.165, 1.54) is 9.47 Å². The molecule has 0 aromatic carbocycles. The van der Waals surface area contributed by atoms with Crippen LogP contribution in [0.4, 0.5) is 11.5 Å². The van der Waals surface area contributed by atoms with Crippen LogP contribution in [-0.2, 0) is 11.3 Å². The number of carbonyl (C=O) groups excluding carboxylic acids is 1. The maximum Gasteiger partial charge on any atom is 0.330 e. The topological polar surface area (TPSA) is 128 Å². The van der Waals surface area contributed by atoms with Crippen LogP contribution in [0.5, 0.6) is 0 Å². The average molecular weight is 393 g/mol. The van der Waals surface area contributed by atoms with Crippen molar-refractivity contribution < 1.29 is 4.79 Å². The molecule has 28 heavy (non-hydrogen) atoms. The summed E-state index contributed by atoms with van der Waals surface area (Å²) in [5.41, 5.74) is 4.11. The molecule has 9 heteroatoms. The molecule has 1 aromatic heterocycles. The summed E-state index contributed by atoms with van der Waals surface area (Å²) in [6.45, 7) is 11.7. The third-order valence-corrected chi connectivity index (χ3v) is 4.48. The van der Waals surface area contributed by atoms with Crippen molar-refractivity contribution in [1.29, 1.82) is 5.26 Å². The van der Waals surface area contributed by atoms with Gasteiger partial charge in [0.25, 0.3) is 5.56 Å². The van der Waals surface area contributed by atoms with Crippen LogP contribution in [0, 0.1) is 23.2 Å². The smallest absolute Gasteiger partial charge is 0.330 e. The SMILES string of the molecule is CC(C)CN(CC(=O)N(C)C(C)(C)C#N)c1c(N)n(CC(C)C)c(=O)[nH]c1=O. The largest absolute Gasteiger partial charge is 0.383 e. The van der Waals surface area contributed by atoms with E-state index in [9.17, 15) is 19.6 Å². The van der Waals surface area contributed by atoms with Gasteiger partial charge in [-0.3, -0.25) is 19.1 Å². The second-order valence-corrected chi connectivity index (χ2v) is 8.40. The van der Waals surface area contributed by atoms with Crippen LogP contribution in [0.1, 0.15) is 41.5 Å². The molecule has 0 atom stereocenters. The van der Waals surface area contributed by atoms with E-state index >= 15 is 0 Å². The number of nitrogens with two attached hydrogens (primary N) is 1. The Morgan fingerprint density at radius 1 is 1.25 bits per heavy atom. The number of amides is 1. The summed E-state index contributed by atoms with van der Waals surface area (Å²) in [7, 11) is 1.55. The van der Waals surface area contributed by atoms with Gasteiger partial charge in [0.15, 0.2) is 0 Å². The molecule has 1 amide bonds. The number of hydrogen-bond donors (Lipinski definition) is 2. The number of H-pyrrole nitrogens is 1. The van der Waals surface area contributed by atoms with Gasteiger partial charge in [-0.15, -0.1) is 0 Å². The Hall–Kier alpha value is -2.76. The number of nitrogens with zero attached hydrogens (tertiary/aromatic N) is 4. The van der Waals surface area contributed by atoms with Crippen molar-refractivity contribution in [2.24, 2.45) is 11.8 Å². The molecule has 0 bridgehead atoms.